The fourth-order valence-corrected chi connectivity index (χ4v) is 1.46. The van der Waals surface area contributed by atoms with E-state index in [1.165, 1.54) is 6.92 Å². The normalized spacial score (nSPS) is 11.4. The Kier molecular flexibility index (Phi) is 5.64. The van der Waals surface area contributed by atoms with Gasteiger partial charge in [-0.25, -0.2) is 4.79 Å². The Bertz CT molecular complexity index is 414. The van der Waals surface area contributed by atoms with Gasteiger partial charge in [-0.1, -0.05) is 36.4 Å². The summed E-state index contributed by atoms with van der Waals surface area (Å²) in [7, 11) is 0. The Balaban J connectivity index is 2.51. The maximum absolute atomic E-state index is 11.8. The summed E-state index contributed by atoms with van der Waals surface area (Å²) in [6.07, 6.45) is 1.93. The smallest absolute Gasteiger partial charge is 0.329 e. The molecule has 0 aliphatic carbocycles. The highest BCUT2D eigenvalue weighted by molar-refractivity contribution is 5.83. The van der Waals surface area contributed by atoms with Crippen LogP contribution in [0.2, 0.25) is 0 Å². The summed E-state index contributed by atoms with van der Waals surface area (Å²) in [5.74, 6) is -0.715. The van der Waals surface area contributed by atoms with Crippen molar-refractivity contribution in [3.05, 3.63) is 48.6 Å². The number of hydrogen-bond donors (Lipinski definition) is 1. The van der Waals surface area contributed by atoms with E-state index in [0.29, 0.717) is 6.42 Å². The van der Waals surface area contributed by atoms with E-state index in [2.05, 4.69) is 11.9 Å². The molecule has 1 N–H and O–H groups in total. The lowest BCUT2D eigenvalue weighted by molar-refractivity contribution is -0.148. The van der Waals surface area contributed by atoms with E-state index in [9.17, 15) is 9.59 Å². The number of nitrogens with one attached hydrogen (secondary N) is 1. The van der Waals surface area contributed by atoms with E-state index in [0.717, 1.165) is 5.56 Å². The van der Waals surface area contributed by atoms with Crippen LogP contribution < -0.4 is 5.32 Å². The van der Waals surface area contributed by atoms with E-state index < -0.39 is 12.0 Å². The standard InChI is InChI=1S/C14H17NO3/c1-3-7-13(15-11(2)16)14(17)18-10-12-8-5-4-6-9-12/h3-6,8-9,13H,1,7,10H2,2H3,(H,15,16)/t13-/m1/s1. The Labute approximate surface area is 107 Å². The van der Waals surface area contributed by atoms with Gasteiger partial charge in [0.1, 0.15) is 12.6 Å². The third-order valence-electron chi connectivity index (χ3n) is 2.29. The summed E-state index contributed by atoms with van der Waals surface area (Å²) < 4.78 is 5.14. The second kappa shape index (κ2) is 7.27. The van der Waals surface area contributed by atoms with Crippen molar-refractivity contribution >= 4 is 11.9 Å². The highest BCUT2D eigenvalue weighted by Gasteiger charge is 2.19. The minimum atomic E-state index is -0.663. The zero-order valence-corrected chi connectivity index (χ0v) is 10.4. The molecule has 0 radical (unpaired) electrons. The van der Waals surface area contributed by atoms with Crippen molar-refractivity contribution in [1.82, 2.24) is 5.32 Å². The van der Waals surface area contributed by atoms with Crippen LogP contribution >= 0.6 is 0 Å². The third-order valence-corrected chi connectivity index (χ3v) is 2.29. The van der Waals surface area contributed by atoms with Gasteiger partial charge in [-0.15, -0.1) is 6.58 Å². The predicted octanol–water partition coefficient (Wildman–Crippen LogP) is 1.81. The van der Waals surface area contributed by atoms with Gasteiger partial charge >= 0.3 is 5.97 Å². The number of ether oxygens (including phenoxy) is 1. The molecule has 0 saturated carbocycles. The summed E-state index contributed by atoms with van der Waals surface area (Å²) in [6.45, 7) is 5.11. The molecule has 96 valence electrons. The highest BCUT2D eigenvalue weighted by Crippen LogP contribution is 2.03. The SMILES string of the molecule is C=CC[C@@H](NC(C)=O)C(=O)OCc1ccccc1. The van der Waals surface area contributed by atoms with Gasteiger partial charge in [0.2, 0.25) is 5.91 Å². The maximum atomic E-state index is 11.8. The minimum Gasteiger partial charge on any atom is -0.459 e. The summed E-state index contributed by atoms with van der Waals surface area (Å²) in [4.78, 5) is 22.7. The molecule has 0 unspecified atom stereocenters. The van der Waals surface area contributed by atoms with Crippen molar-refractivity contribution < 1.29 is 14.3 Å². The Morgan fingerprint density at radius 2 is 2.06 bits per heavy atom. The number of hydrogen-bond acceptors (Lipinski definition) is 3. The van der Waals surface area contributed by atoms with Crippen LogP contribution in [0.1, 0.15) is 18.9 Å². The molecule has 1 amide bonds. The van der Waals surface area contributed by atoms with Crippen LogP contribution in [0.3, 0.4) is 0 Å². The molecule has 0 spiro atoms. The molecule has 1 rings (SSSR count). The van der Waals surface area contributed by atoms with E-state index in [-0.39, 0.29) is 12.5 Å². The second-order valence-electron chi connectivity index (χ2n) is 3.87. The number of carbonyl (C=O) groups is 2. The van der Waals surface area contributed by atoms with E-state index in [1.807, 2.05) is 30.3 Å². The molecular weight excluding hydrogens is 230 g/mol. The van der Waals surface area contributed by atoms with E-state index in [4.69, 9.17) is 4.74 Å². The molecule has 0 bridgehead atoms. The molecule has 4 nitrogen and oxygen atoms in total. The lowest BCUT2D eigenvalue weighted by Gasteiger charge is -2.15. The predicted molar refractivity (Wildman–Crippen MR) is 68.7 cm³/mol. The maximum Gasteiger partial charge on any atom is 0.329 e. The van der Waals surface area contributed by atoms with Crippen molar-refractivity contribution in [3.8, 4) is 0 Å². The Hall–Kier alpha value is -2.10. The van der Waals surface area contributed by atoms with Gasteiger partial charge < -0.3 is 10.1 Å². The van der Waals surface area contributed by atoms with Gasteiger partial charge in [0.25, 0.3) is 0 Å². The van der Waals surface area contributed by atoms with Gasteiger partial charge in [0.15, 0.2) is 0 Å². The molecule has 0 aliphatic rings. The quantitative estimate of drug-likeness (QED) is 0.616. The molecule has 0 fully saturated rings. The summed E-state index contributed by atoms with van der Waals surface area (Å²) >= 11 is 0. The summed E-state index contributed by atoms with van der Waals surface area (Å²) in [6, 6.07) is 8.71. The molecule has 1 aromatic rings. The largest absolute Gasteiger partial charge is 0.459 e. The lowest BCUT2D eigenvalue weighted by atomic mass is 10.2. The Morgan fingerprint density at radius 3 is 2.61 bits per heavy atom. The number of benzene rings is 1. The first-order chi connectivity index (χ1) is 8.63. The number of rotatable bonds is 6. The minimum absolute atomic E-state index is 0.201. The van der Waals surface area contributed by atoms with E-state index >= 15 is 0 Å². The van der Waals surface area contributed by atoms with Crippen LogP contribution in [0, 0.1) is 0 Å². The zero-order valence-electron chi connectivity index (χ0n) is 10.4. The molecule has 1 aromatic carbocycles. The molecule has 18 heavy (non-hydrogen) atoms. The first kappa shape index (κ1) is 14.0. The van der Waals surface area contributed by atoms with Crippen LogP contribution in [0.5, 0.6) is 0 Å². The highest BCUT2D eigenvalue weighted by atomic mass is 16.5. The molecule has 0 aliphatic heterocycles. The first-order valence-electron chi connectivity index (χ1n) is 5.72. The molecule has 0 heterocycles. The number of amides is 1. The van der Waals surface area contributed by atoms with Gasteiger partial charge in [0.05, 0.1) is 0 Å². The van der Waals surface area contributed by atoms with Crippen LogP contribution in [0.25, 0.3) is 0 Å². The van der Waals surface area contributed by atoms with Gasteiger partial charge in [-0.2, -0.15) is 0 Å². The average molecular weight is 247 g/mol. The number of esters is 1. The molecule has 0 saturated heterocycles. The lowest BCUT2D eigenvalue weighted by Crippen LogP contribution is -2.40. The van der Waals surface area contributed by atoms with Crippen LogP contribution in [-0.2, 0) is 20.9 Å². The van der Waals surface area contributed by atoms with Crippen molar-refractivity contribution in [3.63, 3.8) is 0 Å². The first-order valence-corrected chi connectivity index (χ1v) is 5.72. The molecule has 4 heteroatoms. The van der Waals surface area contributed by atoms with Gasteiger partial charge in [-0.05, 0) is 12.0 Å². The topological polar surface area (TPSA) is 55.4 Å². The third kappa shape index (κ3) is 4.82. The monoisotopic (exact) mass is 247 g/mol. The van der Waals surface area contributed by atoms with E-state index in [1.54, 1.807) is 6.08 Å². The Morgan fingerprint density at radius 1 is 1.39 bits per heavy atom. The summed E-state index contributed by atoms with van der Waals surface area (Å²) in [5, 5.41) is 2.53. The molecule has 1 atom stereocenters. The zero-order chi connectivity index (χ0) is 13.4. The van der Waals surface area contributed by atoms with Crippen LogP contribution in [0.15, 0.2) is 43.0 Å². The fraction of sp³-hybridized carbons (Fsp3) is 0.286. The van der Waals surface area contributed by atoms with Gasteiger partial charge in [0, 0.05) is 6.92 Å². The molecular formula is C14H17NO3. The second-order valence-corrected chi connectivity index (χ2v) is 3.87. The fourth-order valence-electron chi connectivity index (χ4n) is 1.46. The van der Waals surface area contributed by atoms with Gasteiger partial charge in [-0.3, -0.25) is 4.79 Å². The van der Waals surface area contributed by atoms with Crippen molar-refractivity contribution in [1.29, 1.82) is 0 Å². The average Bonchev–Trinajstić information content (AvgIpc) is 2.36. The molecule has 0 aromatic heterocycles. The summed E-state index contributed by atoms with van der Waals surface area (Å²) in [5.41, 5.74) is 0.908. The van der Waals surface area contributed by atoms with Crippen molar-refractivity contribution in [2.45, 2.75) is 26.0 Å². The van der Waals surface area contributed by atoms with Crippen molar-refractivity contribution in [2.75, 3.05) is 0 Å². The van der Waals surface area contributed by atoms with Crippen LogP contribution in [-0.4, -0.2) is 17.9 Å². The van der Waals surface area contributed by atoms with Crippen LogP contribution in [0.4, 0.5) is 0 Å². The van der Waals surface area contributed by atoms with Crippen molar-refractivity contribution in [2.24, 2.45) is 0 Å². The number of carbonyl (C=O) groups excluding carboxylic acids is 2.